The minimum atomic E-state index is -3.94. The lowest BCUT2D eigenvalue weighted by Crippen LogP contribution is -2.42. The van der Waals surface area contributed by atoms with Crippen molar-refractivity contribution in [3.05, 3.63) is 29.0 Å². The minimum absolute atomic E-state index is 0.203. The van der Waals surface area contributed by atoms with E-state index in [0.717, 1.165) is 0 Å². The maximum atomic E-state index is 14.1. The normalized spacial score (nSPS) is 12.9. The molecule has 0 fully saturated rings. The second kappa shape index (κ2) is 7.05. The fraction of sp³-hybridized carbons (Fsp3) is 0.571. The maximum absolute atomic E-state index is 14.1. The van der Waals surface area contributed by atoms with Gasteiger partial charge in [0.05, 0.1) is 5.02 Å². The number of halogens is 2. The number of hydrogen-bond acceptors (Lipinski definition) is 3. The summed E-state index contributed by atoms with van der Waals surface area (Å²) in [5.74, 6) is -0.911. The summed E-state index contributed by atoms with van der Waals surface area (Å²) in [6, 6.07) is 3.98. The molecule has 0 heterocycles. The third-order valence-electron chi connectivity index (χ3n) is 3.16. The summed E-state index contributed by atoms with van der Waals surface area (Å²) in [6.45, 7) is 6.48. The number of nitrogens with two attached hydrogens (primary N) is 1. The Kier molecular flexibility index (Phi) is 6.16. The maximum Gasteiger partial charge on any atom is 0.246 e. The Morgan fingerprint density at radius 1 is 1.38 bits per heavy atom. The van der Waals surface area contributed by atoms with Gasteiger partial charge in [-0.15, -0.1) is 0 Å². The third-order valence-corrected chi connectivity index (χ3v) is 5.32. The highest BCUT2D eigenvalue weighted by Crippen LogP contribution is 2.27. The molecule has 1 aromatic rings. The summed E-state index contributed by atoms with van der Waals surface area (Å²) in [4.78, 5) is -0.392. The predicted molar refractivity (Wildman–Crippen MR) is 83.3 cm³/mol. The van der Waals surface area contributed by atoms with Gasteiger partial charge in [0.15, 0.2) is 5.82 Å². The largest absolute Gasteiger partial charge is 0.330 e. The Bertz CT molecular complexity index is 591. The summed E-state index contributed by atoms with van der Waals surface area (Å²) in [5, 5.41) is -0.203. The second-order valence-electron chi connectivity index (χ2n) is 5.76. The van der Waals surface area contributed by atoms with Crippen LogP contribution in [0.5, 0.6) is 0 Å². The molecule has 7 heteroatoms. The standard InChI is InChI=1S/C14H22ClFN2O2S/c1-4-8-18(10-14(2,3)9-17)21(19,20)12-7-5-6-11(15)13(12)16/h5-7H,4,8-10,17H2,1-3H3. The third kappa shape index (κ3) is 4.39. The van der Waals surface area contributed by atoms with Crippen LogP contribution < -0.4 is 5.73 Å². The summed E-state index contributed by atoms with van der Waals surface area (Å²) >= 11 is 5.68. The van der Waals surface area contributed by atoms with E-state index in [0.29, 0.717) is 19.5 Å². The van der Waals surface area contributed by atoms with E-state index in [-0.39, 0.29) is 11.6 Å². The van der Waals surface area contributed by atoms with Crippen molar-refractivity contribution in [1.82, 2.24) is 4.31 Å². The van der Waals surface area contributed by atoms with E-state index in [1.165, 1.54) is 22.5 Å². The van der Waals surface area contributed by atoms with Crippen molar-refractivity contribution in [2.75, 3.05) is 19.6 Å². The molecule has 0 aliphatic carbocycles. The smallest absolute Gasteiger partial charge is 0.246 e. The molecule has 0 unspecified atom stereocenters. The molecule has 0 amide bonds. The first-order valence-corrected chi connectivity index (χ1v) is 8.61. The molecule has 0 aromatic heterocycles. The monoisotopic (exact) mass is 336 g/mol. The molecule has 0 bridgehead atoms. The first kappa shape index (κ1) is 18.4. The number of nitrogens with zero attached hydrogens (tertiary/aromatic N) is 1. The highest BCUT2D eigenvalue weighted by molar-refractivity contribution is 7.89. The van der Waals surface area contributed by atoms with Gasteiger partial charge in [-0.1, -0.05) is 38.4 Å². The van der Waals surface area contributed by atoms with Crippen molar-refractivity contribution in [3.63, 3.8) is 0 Å². The summed E-state index contributed by atoms with van der Waals surface area (Å²) in [6.07, 6.45) is 0.627. The van der Waals surface area contributed by atoms with Crippen LogP contribution in [0.15, 0.2) is 23.1 Å². The molecule has 0 saturated heterocycles. The van der Waals surface area contributed by atoms with Crippen LogP contribution in [-0.2, 0) is 10.0 Å². The van der Waals surface area contributed by atoms with Crippen molar-refractivity contribution in [1.29, 1.82) is 0 Å². The van der Waals surface area contributed by atoms with Crippen LogP contribution in [0, 0.1) is 11.2 Å². The molecule has 1 rings (SSSR count). The van der Waals surface area contributed by atoms with Gasteiger partial charge in [0, 0.05) is 13.1 Å². The molecule has 4 nitrogen and oxygen atoms in total. The van der Waals surface area contributed by atoms with Crippen LogP contribution in [0.4, 0.5) is 4.39 Å². The summed E-state index contributed by atoms with van der Waals surface area (Å²) in [5.41, 5.74) is 5.28. The number of hydrogen-bond donors (Lipinski definition) is 1. The van der Waals surface area contributed by atoms with E-state index in [2.05, 4.69) is 0 Å². The lowest BCUT2D eigenvalue weighted by Gasteiger charge is -2.31. The molecular weight excluding hydrogens is 315 g/mol. The van der Waals surface area contributed by atoms with Gasteiger partial charge in [-0.25, -0.2) is 12.8 Å². The van der Waals surface area contributed by atoms with Gasteiger partial charge in [-0.3, -0.25) is 0 Å². The zero-order chi connectivity index (χ0) is 16.3. The number of benzene rings is 1. The van der Waals surface area contributed by atoms with Crippen molar-refractivity contribution >= 4 is 21.6 Å². The average molecular weight is 337 g/mol. The Labute approximate surface area is 131 Å². The molecular formula is C14H22ClFN2O2S. The van der Waals surface area contributed by atoms with Gasteiger partial charge in [-0.05, 0) is 30.5 Å². The molecule has 0 aliphatic rings. The lowest BCUT2D eigenvalue weighted by atomic mass is 9.94. The first-order chi connectivity index (χ1) is 9.65. The van der Waals surface area contributed by atoms with E-state index in [9.17, 15) is 12.8 Å². The molecule has 1 aromatic carbocycles. The quantitative estimate of drug-likeness (QED) is 0.832. The highest BCUT2D eigenvalue weighted by atomic mass is 35.5. The van der Waals surface area contributed by atoms with Gasteiger partial charge in [0.2, 0.25) is 10.0 Å². The lowest BCUT2D eigenvalue weighted by molar-refractivity contribution is 0.266. The fourth-order valence-corrected chi connectivity index (χ4v) is 3.94. The summed E-state index contributed by atoms with van der Waals surface area (Å²) in [7, 11) is -3.94. The van der Waals surface area contributed by atoms with Gasteiger partial charge >= 0.3 is 0 Å². The molecule has 120 valence electrons. The van der Waals surface area contributed by atoms with Gasteiger partial charge in [0.1, 0.15) is 4.90 Å². The Balaban J connectivity index is 3.25. The van der Waals surface area contributed by atoms with Crippen LogP contribution in [-0.4, -0.2) is 32.4 Å². The topological polar surface area (TPSA) is 63.4 Å². The van der Waals surface area contributed by atoms with Crippen LogP contribution in [0.1, 0.15) is 27.2 Å². The minimum Gasteiger partial charge on any atom is -0.330 e. The number of sulfonamides is 1. The van der Waals surface area contributed by atoms with Crippen LogP contribution in [0.25, 0.3) is 0 Å². The molecule has 0 spiro atoms. The Morgan fingerprint density at radius 2 is 2.00 bits per heavy atom. The highest BCUT2D eigenvalue weighted by Gasteiger charge is 2.31. The molecule has 21 heavy (non-hydrogen) atoms. The number of rotatable bonds is 7. The SMILES string of the molecule is CCCN(CC(C)(C)CN)S(=O)(=O)c1cccc(Cl)c1F. The summed E-state index contributed by atoms with van der Waals surface area (Å²) < 4.78 is 40.7. The Morgan fingerprint density at radius 3 is 2.52 bits per heavy atom. The van der Waals surface area contributed by atoms with Gasteiger partial charge < -0.3 is 5.73 Å². The van der Waals surface area contributed by atoms with Crippen LogP contribution in [0.3, 0.4) is 0 Å². The van der Waals surface area contributed by atoms with Crippen molar-refractivity contribution in [2.24, 2.45) is 11.1 Å². The van der Waals surface area contributed by atoms with E-state index in [1.54, 1.807) is 0 Å². The van der Waals surface area contributed by atoms with Crippen LogP contribution >= 0.6 is 11.6 Å². The first-order valence-electron chi connectivity index (χ1n) is 6.80. The van der Waals surface area contributed by atoms with Gasteiger partial charge in [0.25, 0.3) is 0 Å². The van der Waals surface area contributed by atoms with E-state index >= 15 is 0 Å². The zero-order valence-electron chi connectivity index (χ0n) is 12.6. The van der Waals surface area contributed by atoms with E-state index < -0.39 is 26.2 Å². The van der Waals surface area contributed by atoms with Crippen molar-refractivity contribution < 1.29 is 12.8 Å². The van der Waals surface area contributed by atoms with Crippen molar-refractivity contribution in [3.8, 4) is 0 Å². The molecule has 0 aliphatic heterocycles. The molecule has 2 N–H and O–H groups in total. The second-order valence-corrected chi connectivity index (χ2v) is 8.07. The fourth-order valence-electron chi connectivity index (χ4n) is 1.90. The van der Waals surface area contributed by atoms with E-state index in [4.69, 9.17) is 17.3 Å². The van der Waals surface area contributed by atoms with Gasteiger partial charge in [-0.2, -0.15) is 4.31 Å². The molecule has 0 atom stereocenters. The molecule has 0 radical (unpaired) electrons. The van der Waals surface area contributed by atoms with Crippen molar-refractivity contribution in [2.45, 2.75) is 32.1 Å². The van der Waals surface area contributed by atoms with E-state index in [1.807, 2.05) is 20.8 Å². The molecule has 0 saturated carbocycles. The zero-order valence-corrected chi connectivity index (χ0v) is 14.1. The predicted octanol–water partition coefficient (Wildman–Crippen LogP) is 2.86. The average Bonchev–Trinajstić information content (AvgIpc) is 2.41. The van der Waals surface area contributed by atoms with Crippen LogP contribution in [0.2, 0.25) is 5.02 Å². The Hall–Kier alpha value is -0.690.